The molecule has 6 heteroatoms. The number of nitrogens with one attached hydrogen (secondary N) is 1. The van der Waals surface area contributed by atoms with Gasteiger partial charge in [-0.05, 0) is 31.3 Å². The summed E-state index contributed by atoms with van der Waals surface area (Å²) in [6, 6.07) is 5.61. The Balaban J connectivity index is 2.03. The lowest BCUT2D eigenvalue weighted by Gasteiger charge is -2.19. The van der Waals surface area contributed by atoms with Crippen molar-refractivity contribution < 1.29 is 5.11 Å². The lowest BCUT2D eigenvalue weighted by molar-refractivity contribution is 0.291. The van der Waals surface area contributed by atoms with Crippen LogP contribution in [0.25, 0.3) is 0 Å². The SMILES string of the molecule is CCN(CC)Cc1cc(NCc2cnc(Cl)s2)ccc1O. The molecule has 0 saturated heterocycles. The van der Waals surface area contributed by atoms with Crippen LogP contribution in [0.3, 0.4) is 0 Å². The van der Waals surface area contributed by atoms with E-state index in [1.54, 1.807) is 12.3 Å². The number of anilines is 1. The van der Waals surface area contributed by atoms with E-state index in [1.807, 2.05) is 12.1 Å². The molecule has 21 heavy (non-hydrogen) atoms. The average molecular weight is 326 g/mol. The lowest BCUT2D eigenvalue weighted by Crippen LogP contribution is -2.22. The van der Waals surface area contributed by atoms with Gasteiger partial charge in [0.15, 0.2) is 4.47 Å². The van der Waals surface area contributed by atoms with Crippen molar-refractivity contribution in [2.24, 2.45) is 0 Å². The fourth-order valence-corrected chi connectivity index (χ4v) is 2.98. The van der Waals surface area contributed by atoms with Crippen molar-refractivity contribution in [3.63, 3.8) is 0 Å². The molecule has 1 aromatic carbocycles. The zero-order valence-corrected chi connectivity index (χ0v) is 13.8. The molecule has 114 valence electrons. The number of aromatic hydroxyl groups is 1. The predicted octanol–water partition coefficient (Wildman–Crippen LogP) is 3.96. The number of phenolic OH excluding ortho intramolecular Hbond substituents is 1. The van der Waals surface area contributed by atoms with Gasteiger partial charge >= 0.3 is 0 Å². The molecule has 0 atom stereocenters. The second-order valence-electron chi connectivity index (χ2n) is 4.74. The average Bonchev–Trinajstić information content (AvgIpc) is 2.90. The van der Waals surface area contributed by atoms with E-state index in [1.165, 1.54) is 11.3 Å². The van der Waals surface area contributed by atoms with Crippen LogP contribution in [0.2, 0.25) is 4.47 Å². The summed E-state index contributed by atoms with van der Waals surface area (Å²) in [7, 11) is 0. The molecule has 0 radical (unpaired) electrons. The summed E-state index contributed by atoms with van der Waals surface area (Å²) in [6.07, 6.45) is 1.78. The van der Waals surface area contributed by atoms with E-state index in [4.69, 9.17) is 11.6 Å². The van der Waals surface area contributed by atoms with Crippen LogP contribution in [0.1, 0.15) is 24.3 Å². The number of nitrogens with zero attached hydrogens (tertiary/aromatic N) is 2. The lowest BCUT2D eigenvalue weighted by atomic mass is 10.1. The number of thiazole rings is 1. The van der Waals surface area contributed by atoms with Crippen molar-refractivity contribution >= 4 is 28.6 Å². The Bertz CT molecular complexity index is 584. The van der Waals surface area contributed by atoms with Crippen LogP contribution in [0.15, 0.2) is 24.4 Å². The van der Waals surface area contributed by atoms with Gasteiger partial charge in [0.1, 0.15) is 5.75 Å². The molecule has 0 unspecified atom stereocenters. The number of rotatable bonds is 7. The van der Waals surface area contributed by atoms with Crippen LogP contribution in [0, 0.1) is 0 Å². The molecule has 2 N–H and O–H groups in total. The molecule has 0 amide bonds. The molecule has 0 spiro atoms. The Morgan fingerprint density at radius 2 is 2.10 bits per heavy atom. The number of hydrogen-bond acceptors (Lipinski definition) is 5. The summed E-state index contributed by atoms with van der Waals surface area (Å²) < 4.78 is 0.555. The van der Waals surface area contributed by atoms with E-state index in [0.29, 0.717) is 16.8 Å². The van der Waals surface area contributed by atoms with E-state index in [-0.39, 0.29) is 0 Å². The Hall–Kier alpha value is -1.30. The minimum Gasteiger partial charge on any atom is -0.508 e. The van der Waals surface area contributed by atoms with Crippen molar-refractivity contribution in [3.05, 3.63) is 39.3 Å². The van der Waals surface area contributed by atoms with E-state index >= 15 is 0 Å². The third kappa shape index (κ3) is 4.59. The third-order valence-corrected chi connectivity index (χ3v) is 4.47. The highest BCUT2D eigenvalue weighted by molar-refractivity contribution is 7.15. The first-order chi connectivity index (χ1) is 10.1. The quantitative estimate of drug-likeness (QED) is 0.757. The highest BCUT2D eigenvalue weighted by Gasteiger charge is 2.07. The van der Waals surface area contributed by atoms with E-state index in [0.717, 1.165) is 35.8 Å². The standard InChI is InChI=1S/C15H20ClN3OS/c1-3-19(4-2)10-11-7-12(5-6-14(11)20)17-8-13-9-18-15(16)21-13/h5-7,9,17,20H,3-4,8,10H2,1-2H3. The highest BCUT2D eigenvalue weighted by Crippen LogP contribution is 2.24. The van der Waals surface area contributed by atoms with Gasteiger partial charge in [-0.1, -0.05) is 25.4 Å². The van der Waals surface area contributed by atoms with Gasteiger partial charge in [0.05, 0.1) is 6.54 Å². The van der Waals surface area contributed by atoms with Crippen LogP contribution >= 0.6 is 22.9 Å². The Labute approximate surface area is 134 Å². The van der Waals surface area contributed by atoms with E-state index in [2.05, 4.69) is 29.0 Å². The maximum Gasteiger partial charge on any atom is 0.183 e. The molecule has 2 rings (SSSR count). The largest absolute Gasteiger partial charge is 0.508 e. The van der Waals surface area contributed by atoms with Gasteiger partial charge in [-0.15, -0.1) is 11.3 Å². The summed E-state index contributed by atoms with van der Waals surface area (Å²) in [5.41, 5.74) is 1.92. The summed E-state index contributed by atoms with van der Waals surface area (Å²) in [5, 5.41) is 13.3. The molecule has 0 saturated carbocycles. The molecular weight excluding hydrogens is 306 g/mol. The van der Waals surface area contributed by atoms with Crippen LogP contribution in [-0.4, -0.2) is 28.1 Å². The highest BCUT2D eigenvalue weighted by atomic mass is 35.5. The first-order valence-corrected chi connectivity index (χ1v) is 8.20. The molecule has 0 aliphatic carbocycles. The van der Waals surface area contributed by atoms with Gasteiger partial charge in [-0.2, -0.15) is 0 Å². The maximum absolute atomic E-state index is 9.98. The Morgan fingerprint density at radius 3 is 2.71 bits per heavy atom. The second-order valence-corrected chi connectivity index (χ2v) is 6.44. The van der Waals surface area contributed by atoms with E-state index in [9.17, 15) is 5.11 Å². The van der Waals surface area contributed by atoms with Crippen molar-refractivity contribution in [3.8, 4) is 5.75 Å². The minimum absolute atomic E-state index is 0.341. The van der Waals surface area contributed by atoms with Crippen LogP contribution in [-0.2, 0) is 13.1 Å². The van der Waals surface area contributed by atoms with Gasteiger partial charge in [-0.3, -0.25) is 4.90 Å². The predicted molar refractivity (Wildman–Crippen MR) is 89.2 cm³/mol. The van der Waals surface area contributed by atoms with Crippen molar-refractivity contribution in [2.45, 2.75) is 26.9 Å². The zero-order valence-electron chi connectivity index (χ0n) is 12.3. The maximum atomic E-state index is 9.98. The number of aromatic nitrogens is 1. The van der Waals surface area contributed by atoms with Gasteiger partial charge < -0.3 is 10.4 Å². The summed E-state index contributed by atoms with van der Waals surface area (Å²) in [5.74, 6) is 0.341. The molecule has 0 aliphatic rings. The monoisotopic (exact) mass is 325 g/mol. The molecule has 0 aliphatic heterocycles. The Morgan fingerprint density at radius 1 is 1.33 bits per heavy atom. The van der Waals surface area contributed by atoms with E-state index < -0.39 is 0 Å². The first-order valence-electron chi connectivity index (χ1n) is 7.00. The van der Waals surface area contributed by atoms with Gasteiger partial charge in [-0.25, -0.2) is 4.98 Å². The molecule has 2 aromatic rings. The van der Waals surface area contributed by atoms with Crippen LogP contribution in [0.4, 0.5) is 5.69 Å². The number of hydrogen-bond donors (Lipinski definition) is 2. The summed E-state index contributed by atoms with van der Waals surface area (Å²) in [6.45, 7) is 7.60. The van der Waals surface area contributed by atoms with Gasteiger partial charge in [0.25, 0.3) is 0 Å². The minimum atomic E-state index is 0.341. The Kier molecular flexibility index (Phi) is 5.85. The first kappa shape index (κ1) is 16.1. The van der Waals surface area contributed by atoms with Gasteiger partial charge in [0, 0.05) is 28.9 Å². The zero-order chi connectivity index (χ0) is 15.2. The molecule has 1 heterocycles. The molecule has 1 aromatic heterocycles. The number of phenols is 1. The van der Waals surface area contributed by atoms with Crippen molar-refractivity contribution in [1.82, 2.24) is 9.88 Å². The topological polar surface area (TPSA) is 48.4 Å². The second kappa shape index (κ2) is 7.64. The number of benzene rings is 1. The smallest absolute Gasteiger partial charge is 0.183 e. The molecular formula is C15H20ClN3OS. The molecule has 4 nitrogen and oxygen atoms in total. The van der Waals surface area contributed by atoms with Crippen LogP contribution < -0.4 is 5.32 Å². The molecule has 0 fully saturated rings. The number of halogens is 1. The fourth-order valence-electron chi connectivity index (χ4n) is 2.06. The van der Waals surface area contributed by atoms with Gasteiger partial charge in [0.2, 0.25) is 0 Å². The normalized spacial score (nSPS) is 11.0. The fraction of sp³-hybridized carbons (Fsp3) is 0.400. The summed E-state index contributed by atoms with van der Waals surface area (Å²) in [4.78, 5) is 7.37. The van der Waals surface area contributed by atoms with Crippen molar-refractivity contribution in [2.75, 3.05) is 18.4 Å². The summed E-state index contributed by atoms with van der Waals surface area (Å²) >= 11 is 7.28. The van der Waals surface area contributed by atoms with Crippen LogP contribution in [0.5, 0.6) is 5.75 Å². The van der Waals surface area contributed by atoms with Crippen molar-refractivity contribution in [1.29, 1.82) is 0 Å². The third-order valence-electron chi connectivity index (χ3n) is 3.36. The molecule has 0 bridgehead atoms.